The molecule has 0 unspecified atom stereocenters. The zero-order valence-electron chi connectivity index (χ0n) is 17.1. The minimum atomic E-state index is -0.0262. The van der Waals surface area contributed by atoms with Gasteiger partial charge >= 0.3 is 0 Å². The molecule has 1 N–H and O–H groups in total. The van der Waals surface area contributed by atoms with Crippen LogP contribution in [0, 0.1) is 0 Å². The summed E-state index contributed by atoms with van der Waals surface area (Å²) >= 11 is 5.79. The summed E-state index contributed by atoms with van der Waals surface area (Å²) in [7, 11) is 2.07. The third kappa shape index (κ3) is 3.56. The Bertz CT molecular complexity index is 1010. The summed E-state index contributed by atoms with van der Waals surface area (Å²) < 4.78 is 8.30. The van der Waals surface area contributed by atoms with Crippen molar-refractivity contribution in [1.29, 1.82) is 0 Å². The Labute approximate surface area is 182 Å². The van der Waals surface area contributed by atoms with Gasteiger partial charge in [0.05, 0.1) is 17.8 Å². The largest absolute Gasteiger partial charge is 0.490 e. The van der Waals surface area contributed by atoms with E-state index in [-0.39, 0.29) is 12.1 Å². The van der Waals surface area contributed by atoms with Crippen LogP contribution in [0.3, 0.4) is 0 Å². The van der Waals surface area contributed by atoms with Crippen LogP contribution in [-0.2, 0) is 7.05 Å². The molecule has 2 fully saturated rings. The van der Waals surface area contributed by atoms with Gasteiger partial charge in [0.2, 0.25) is 0 Å². The zero-order valence-corrected chi connectivity index (χ0v) is 17.9. The first-order valence-corrected chi connectivity index (χ1v) is 11.0. The third-order valence-corrected chi connectivity index (χ3v) is 6.42. The molecule has 6 heteroatoms. The van der Waals surface area contributed by atoms with Crippen LogP contribution in [0.15, 0.2) is 67.0 Å². The molecule has 1 aliphatic carbocycles. The van der Waals surface area contributed by atoms with Crippen molar-refractivity contribution in [3.8, 4) is 5.75 Å². The summed E-state index contributed by atoms with van der Waals surface area (Å²) in [4.78, 5) is 6.80. The van der Waals surface area contributed by atoms with E-state index in [1.54, 1.807) is 0 Å². The molecule has 1 aromatic carbocycles. The lowest BCUT2D eigenvalue weighted by Crippen LogP contribution is -2.30. The number of pyridine rings is 1. The predicted molar refractivity (Wildman–Crippen MR) is 123 cm³/mol. The first-order chi connectivity index (χ1) is 14.7. The molecule has 5 nitrogen and oxygen atoms in total. The number of benzene rings is 1. The Kier molecular flexibility index (Phi) is 5.17. The summed E-state index contributed by atoms with van der Waals surface area (Å²) in [6.45, 7) is 0. The Hall–Kier alpha value is -2.86. The Morgan fingerprint density at radius 2 is 1.83 bits per heavy atom. The van der Waals surface area contributed by atoms with E-state index in [2.05, 4.69) is 75.5 Å². The van der Waals surface area contributed by atoms with Crippen molar-refractivity contribution in [3.63, 3.8) is 0 Å². The highest BCUT2D eigenvalue weighted by Gasteiger charge is 2.41. The van der Waals surface area contributed by atoms with Crippen LogP contribution in [0.1, 0.15) is 49.2 Å². The molecule has 30 heavy (non-hydrogen) atoms. The standard InChI is InChI=1S/C24H26N4OS/c1-27-16-6-10-21(27)23-22(20-9-4-5-15-25-20)26-24(30)28(23)17-11-13-19(14-12-17)29-18-7-2-3-8-18/h4-6,9-16,18,22-23H,2-3,7-8H2,1H3,(H,26,30)/t22-,23-/m0/s1. The van der Waals surface area contributed by atoms with Gasteiger partial charge in [-0.3, -0.25) is 4.98 Å². The minimum Gasteiger partial charge on any atom is -0.490 e. The molecule has 154 valence electrons. The fraction of sp³-hybridized carbons (Fsp3) is 0.333. The lowest BCUT2D eigenvalue weighted by Gasteiger charge is -2.28. The van der Waals surface area contributed by atoms with E-state index in [1.807, 2.05) is 18.3 Å². The summed E-state index contributed by atoms with van der Waals surface area (Å²) in [5, 5.41) is 4.22. The molecule has 0 spiro atoms. The van der Waals surface area contributed by atoms with E-state index >= 15 is 0 Å². The van der Waals surface area contributed by atoms with E-state index in [0.717, 1.165) is 30.0 Å². The number of ether oxygens (including phenoxy) is 1. The number of nitrogens with zero attached hydrogens (tertiary/aromatic N) is 3. The van der Waals surface area contributed by atoms with Crippen molar-refractivity contribution in [3.05, 3.63) is 78.4 Å². The highest BCUT2D eigenvalue weighted by Crippen LogP contribution is 2.41. The molecule has 3 heterocycles. The Morgan fingerprint density at radius 3 is 2.50 bits per heavy atom. The number of hydrogen-bond donors (Lipinski definition) is 1. The molecule has 1 saturated carbocycles. The van der Waals surface area contributed by atoms with Gasteiger partial charge in [0.25, 0.3) is 0 Å². The molecule has 2 aromatic heterocycles. The third-order valence-electron chi connectivity index (χ3n) is 6.10. The number of aromatic nitrogens is 2. The summed E-state index contributed by atoms with van der Waals surface area (Å²) in [5.41, 5.74) is 3.22. The first-order valence-electron chi connectivity index (χ1n) is 10.6. The number of anilines is 1. The number of thiocarbonyl (C=S) groups is 1. The zero-order chi connectivity index (χ0) is 20.5. The molecule has 5 rings (SSSR count). The van der Waals surface area contributed by atoms with Gasteiger partial charge in [-0.15, -0.1) is 0 Å². The molecule has 2 atom stereocenters. The fourth-order valence-electron chi connectivity index (χ4n) is 4.60. The molecule has 1 aliphatic heterocycles. The summed E-state index contributed by atoms with van der Waals surface area (Å²) in [6, 6.07) is 18.6. The average molecular weight is 419 g/mol. The maximum absolute atomic E-state index is 6.15. The molecule has 3 aromatic rings. The maximum Gasteiger partial charge on any atom is 0.174 e. The number of aryl methyl sites for hydroxylation is 1. The highest BCUT2D eigenvalue weighted by molar-refractivity contribution is 7.80. The smallest absolute Gasteiger partial charge is 0.174 e. The van der Waals surface area contributed by atoms with Gasteiger partial charge in [-0.1, -0.05) is 6.07 Å². The van der Waals surface area contributed by atoms with Gasteiger partial charge < -0.3 is 19.5 Å². The number of nitrogens with one attached hydrogen (secondary N) is 1. The summed E-state index contributed by atoms with van der Waals surface area (Å²) in [6.07, 6.45) is 9.11. The van der Waals surface area contributed by atoms with Crippen LogP contribution in [0.25, 0.3) is 0 Å². The maximum atomic E-state index is 6.15. The lowest BCUT2D eigenvalue weighted by atomic mass is 10.0. The van der Waals surface area contributed by atoms with Crippen molar-refractivity contribution >= 4 is 23.0 Å². The van der Waals surface area contributed by atoms with Crippen molar-refractivity contribution < 1.29 is 4.74 Å². The van der Waals surface area contributed by atoms with E-state index < -0.39 is 0 Å². The molecule has 2 aliphatic rings. The van der Waals surface area contributed by atoms with Crippen LogP contribution >= 0.6 is 12.2 Å². The highest BCUT2D eigenvalue weighted by atomic mass is 32.1. The van der Waals surface area contributed by atoms with Crippen LogP contribution < -0.4 is 15.0 Å². The van der Waals surface area contributed by atoms with E-state index in [4.69, 9.17) is 17.0 Å². The molecule has 0 radical (unpaired) electrons. The van der Waals surface area contributed by atoms with E-state index in [0.29, 0.717) is 11.2 Å². The molecule has 0 amide bonds. The van der Waals surface area contributed by atoms with Crippen LogP contribution in [-0.4, -0.2) is 20.8 Å². The molecule has 0 bridgehead atoms. The Morgan fingerprint density at radius 1 is 1.03 bits per heavy atom. The van der Waals surface area contributed by atoms with Crippen molar-refractivity contribution in [1.82, 2.24) is 14.9 Å². The van der Waals surface area contributed by atoms with Crippen molar-refractivity contribution in [2.45, 2.75) is 43.9 Å². The van der Waals surface area contributed by atoms with Crippen LogP contribution in [0.5, 0.6) is 5.75 Å². The van der Waals surface area contributed by atoms with Gasteiger partial charge in [0.15, 0.2) is 5.11 Å². The fourth-order valence-corrected chi connectivity index (χ4v) is 4.94. The molecular weight excluding hydrogens is 392 g/mol. The van der Waals surface area contributed by atoms with Gasteiger partial charge in [-0.25, -0.2) is 0 Å². The van der Waals surface area contributed by atoms with Crippen molar-refractivity contribution in [2.75, 3.05) is 4.90 Å². The topological polar surface area (TPSA) is 42.3 Å². The molecule has 1 saturated heterocycles. The van der Waals surface area contributed by atoms with Gasteiger partial charge in [-0.05, 0) is 86.4 Å². The number of hydrogen-bond acceptors (Lipinski definition) is 3. The predicted octanol–water partition coefficient (Wildman–Crippen LogP) is 4.92. The quantitative estimate of drug-likeness (QED) is 0.596. The molecular formula is C24H26N4OS. The SMILES string of the molecule is Cn1cccc1[C@H]1[C@H](c2ccccn2)NC(=S)N1c1ccc(OC2CCCC2)cc1. The van der Waals surface area contributed by atoms with E-state index in [9.17, 15) is 0 Å². The van der Waals surface area contributed by atoms with Gasteiger partial charge in [0, 0.05) is 30.8 Å². The van der Waals surface area contributed by atoms with Crippen LogP contribution in [0.4, 0.5) is 5.69 Å². The minimum absolute atomic E-state index is 0.00833. The monoisotopic (exact) mass is 418 g/mol. The normalized spacial score (nSPS) is 21.8. The second-order valence-electron chi connectivity index (χ2n) is 8.06. The van der Waals surface area contributed by atoms with Crippen LogP contribution in [0.2, 0.25) is 0 Å². The lowest BCUT2D eigenvalue weighted by molar-refractivity contribution is 0.210. The Balaban J connectivity index is 1.48. The second-order valence-corrected chi connectivity index (χ2v) is 8.45. The first kappa shape index (κ1) is 19.1. The van der Waals surface area contributed by atoms with E-state index in [1.165, 1.54) is 18.5 Å². The summed E-state index contributed by atoms with van der Waals surface area (Å²) in [5.74, 6) is 0.931. The van der Waals surface area contributed by atoms with Gasteiger partial charge in [0.1, 0.15) is 11.8 Å². The average Bonchev–Trinajstić information content (AvgIpc) is 3.50. The number of rotatable bonds is 5. The van der Waals surface area contributed by atoms with Crippen molar-refractivity contribution in [2.24, 2.45) is 7.05 Å². The van der Waals surface area contributed by atoms with Gasteiger partial charge in [-0.2, -0.15) is 0 Å². The second kappa shape index (κ2) is 8.11.